The number of aromatic nitrogens is 1. The number of aromatic amines is 1. The van der Waals surface area contributed by atoms with Crippen molar-refractivity contribution in [1.29, 1.82) is 0 Å². The lowest BCUT2D eigenvalue weighted by atomic mass is 10.1. The number of nitrogens with one attached hydrogen (secondary N) is 1. The van der Waals surface area contributed by atoms with Gasteiger partial charge in [-0.25, -0.2) is 4.39 Å². The highest BCUT2D eigenvalue weighted by atomic mass is 19.1. The van der Waals surface area contributed by atoms with E-state index in [9.17, 15) is 14.0 Å². The Balaban J connectivity index is 1.78. The molecule has 0 saturated carbocycles. The molecule has 2 atom stereocenters. The number of piperazine rings is 1. The maximum atomic E-state index is 13.3. The van der Waals surface area contributed by atoms with Gasteiger partial charge in [0.15, 0.2) is 0 Å². The molecule has 2 unspecified atom stereocenters. The van der Waals surface area contributed by atoms with Crippen molar-refractivity contribution in [2.24, 2.45) is 0 Å². The Kier molecular flexibility index (Phi) is 5.92. The molecule has 1 aliphatic rings. The third-order valence-corrected chi connectivity index (χ3v) is 5.19. The molecule has 0 aliphatic carbocycles. The number of H-pyrrole nitrogens is 1. The summed E-state index contributed by atoms with van der Waals surface area (Å²) in [5.41, 5.74) is 0.00326. The number of rotatable bonds is 5. The second-order valence-corrected chi connectivity index (χ2v) is 7.24. The Labute approximate surface area is 157 Å². The summed E-state index contributed by atoms with van der Waals surface area (Å²) in [5.74, 6) is -0.706. The number of benzene rings is 1. The number of carbonyl (C=O) groups excluding carboxylic acids is 1. The van der Waals surface area contributed by atoms with Crippen LogP contribution in [0.15, 0.2) is 29.1 Å². The Morgan fingerprint density at radius 1 is 1.26 bits per heavy atom. The van der Waals surface area contributed by atoms with Crippen molar-refractivity contribution in [3.8, 4) is 0 Å². The fourth-order valence-electron chi connectivity index (χ4n) is 3.86. The summed E-state index contributed by atoms with van der Waals surface area (Å²) in [6, 6.07) is 6.09. The summed E-state index contributed by atoms with van der Waals surface area (Å²) in [6.45, 7) is 6.95. The predicted octanol–water partition coefficient (Wildman–Crippen LogP) is 2.24. The molecule has 1 aromatic heterocycles. The summed E-state index contributed by atoms with van der Waals surface area (Å²) in [4.78, 5) is 32.1. The quantitative estimate of drug-likeness (QED) is 0.814. The number of fused-ring (bicyclic) bond motifs is 1. The van der Waals surface area contributed by atoms with E-state index < -0.39 is 11.4 Å². The van der Waals surface area contributed by atoms with Gasteiger partial charge in [-0.15, -0.1) is 0 Å². The summed E-state index contributed by atoms with van der Waals surface area (Å²) in [5, 5.41) is 0.638. The minimum atomic E-state index is -0.485. The van der Waals surface area contributed by atoms with Crippen LogP contribution >= 0.6 is 0 Å². The van der Waals surface area contributed by atoms with Gasteiger partial charge in [-0.05, 0) is 49.9 Å². The number of methoxy groups -OCH3 is 1. The van der Waals surface area contributed by atoms with E-state index in [0.717, 1.165) is 13.0 Å². The minimum absolute atomic E-state index is 0.0985. The van der Waals surface area contributed by atoms with Crippen molar-refractivity contribution in [3.63, 3.8) is 0 Å². The predicted molar refractivity (Wildman–Crippen MR) is 103 cm³/mol. The molecule has 2 aromatic rings. The zero-order valence-corrected chi connectivity index (χ0v) is 16.0. The summed E-state index contributed by atoms with van der Waals surface area (Å²) in [7, 11) is 1.69. The molecule has 0 bridgehead atoms. The molecule has 1 aromatic carbocycles. The first-order valence-electron chi connectivity index (χ1n) is 9.27. The number of halogens is 1. The number of hydrogen-bond acceptors (Lipinski definition) is 4. The van der Waals surface area contributed by atoms with Gasteiger partial charge in [-0.3, -0.25) is 14.5 Å². The molecule has 7 heteroatoms. The number of nitrogens with zero attached hydrogens (tertiary/aromatic N) is 2. The van der Waals surface area contributed by atoms with E-state index >= 15 is 0 Å². The normalized spacial score (nSPS) is 21.0. The highest BCUT2D eigenvalue weighted by molar-refractivity contribution is 5.97. The first-order valence-corrected chi connectivity index (χ1v) is 9.27. The van der Waals surface area contributed by atoms with Crippen LogP contribution in [0, 0.1) is 5.82 Å². The molecule has 6 nitrogen and oxygen atoms in total. The average molecular weight is 375 g/mol. The van der Waals surface area contributed by atoms with Gasteiger partial charge in [0.05, 0.1) is 5.52 Å². The monoisotopic (exact) mass is 375 g/mol. The van der Waals surface area contributed by atoms with E-state index in [0.29, 0.717) is 30.6 Å². The molecular weight excluding hydrogens is 349 g/mol. The number of amides is 1. The second-order valence-electron chi connectivity index (χ2n) is 7.24. The molecule has 146 valence electrons. The van der Waals surface area contributed by atoms with Crippen molar-refractivity contribution in [2.75, 3.05) is 33.4 Å². The Morgan fingerprint density at radius 3 is 2.63 bits per heavy atom. The molecule has 1 amide bonds. The Bertz CT molecular complexity index is 870. The second kappa shape index (κ2) is 8.19. The van der Waals surface area contributed by atoms with E-state index in [1.54, 1.807) is 24.1 Å². The summed E-state index contributed by atoms with van der Waals surface area (Å²) in [6.07, 6.45) is 0.944. The van der Waals surface area contributed by atoms with Gasteiger partial charge >= 0.3 is 0 Å². The van der Waals surface area contributed by atoms with E-state index in [1.807, 2.05) is 0 Å². The molecule has 1 N–H and O–H groups in total. The highest BCUT2D eigenvalue weighted by Gasteiger charge is 2.32. The number of carbonyl (C=O) groups is 1. The zero-order valence-electron chi connectivity index (χ0n) is 16.0. The molecular formula is C20H26FN3O3. The smallest absolute Gasteiger partial charge is 0.261 e. The molecule has 1 aliphatic heterocycles. The van der Waals surface area contributed by atoms with E-state index in [1.165, 1.54) is 12.1 Å². The van der Waals surface area contributed by atoms with Crippen molar-refractivity contribution in [2.45, 2.75) is 32.4 Å². The summed E-state index contributed by atoms with van der Waals surface area (Å²) < 4.78 is 18.5. The van der Waals surface area contributed by atoms with Gasteiger partial charge in [0.25, 0.3) is 11.5 Å². The zero-order chi connectivity index (χ0) is 19.6. The maximum Gasteiger partial charge on any atom is 0.261 e. The number of pyridine rings is 1. The van der Waals surface area contributed by atoms with Crippen LogP contribution < -0.4 is 5.56 Å². The van der Waals surface area contributed by atoms with Crippen LogP contribution in [-0.2, 0) is 4.74 Å². The summed E-state index contributed by atoms with van der Waals surface area (Å²) >= 11 is 0. The SMILES string of the molecule is COCCCN1C(C)CN(C(=O)c2cc3ccc(F)cc3[nH]c2=O)CC1C. The first kappa shape index (κ1) is 19.5. The van der Waals surface area contributed by atoms with Gasteiger partial charge in [0, 0.05) is 45.4 Å². The maximum absolute atomic E-state index is 13.3. The van der Waals surface area contributed by atoms with Gasteiger partial charge < -0.3 is 14.6 Å². The largest absolute Gasteiger partial charge is 0.385 e. The van der Waals surface area contributed by atoms with Gasteiger partial charge in [-0.2, -0.15) is 0 Å². The topological polar surface area (TPSA) is 65.6 Å². The van der Waals surface area contributed by atoms with Crippen molar-refractivity contribution in [1.82, 2.24) is 14.8 Å². The van der Waals surface area contributed by atoms with Crippen molar-refractivity contribution >= 4 is 16.8 Å². The lowest BCUT2D eigenvalue weighted by Crippen LogP contribution is -2.58. The fraction of sp³-hybridized carbons (Fsp3) is 0.500. The third kappa shape index (κ3) is 4.20. The molecule has 3 rings (SSSR count). The van der Waals surface area contributed by atoms with E-state index in [4.69, 9.17) is 4.74 Å². The van der Waals surface area contributed by atoms with Crippen LogP contribution in [0.25, 0.3) is 10.9 Å². The van der Waals surface area contributed by atoms with Gasteiger partial charge in [0.2, 0.25) is 0 Å². The lowest BCUT2D eigenvalue weighted by molar-refractivity contribution is 0.0269. The third-order valence-electron chi connectivity index (χ3n) is 5.19. The van der Waals surface area contributed by atoms with Crippen LogP contribution in [0.2, 0.25) is 0 Å². The number of ether oxygens (including phenoxy) is 1. The van der Waals surface area contributed by atoms with Crippen molar-refractivity contribution in [3.05, 3.63) is 46.0 Å². The van der Waals surface area contributed by atoms with Crippen LogP contribution in [0.1, 0.15) is 30.6 Å². The number of hydrogen-bond donors (Lipinski definition) is 1. The van der Waals surface area contributed by atoms with E-state index in [-0.39, 0.29) is 23.6 Å². The van der Waals surface area contributed by atoms with Crippen LogP contribution in [0.5, 0.6) is 0 Å². The standard InChI is InChI=1S/C20H26FN3O3/c1-13-11-23(12-14(2)24(13)7-4-8-27-3)20(26)17-9-15-5-6-16(21)10-18(15)22-19(17)25/h5-6,9-10,13-14H,4,7-8,11-12H2,1-3H3,(H,22,25). The molecule has 27 heavy (non-hydrogen) atoms. The average Bonchev–Trinajstić information content (AvgIpc) is 2.62. The fourth-order valence-corrected chi connectivity index (χ4v) is 3.86. The molecule has 0 radical (unpaired) electrons. The lowest BCUT2D eigenvalue weighted by Gasteiger charge is -2.44. The minimum Gasteiger partial charge on any atom is -0.385 e. The van der Waals surface area contributed by atoms with Gasteiger partial charge in [0.1, 0.15) is 11.4 Å². The highest BCUT2D eigenvalue weighted by Crippen LogP contribution is 2.19. The molecule has 2 heterocycles. The van der Waals surface area contributed by atoms with Crippen molar-refractivity contribution < 1.29 is 13.9 Å². The molecule has 1 fully saturated rings. The first-order chi connectivity index (χ1) is 12.9. The molecule has 1 saturated heterocycles. The van der Waals surface area contributed by atoms with Crippen LogP contribution in [-0.4, -0.2) is 66.1 Å². The van der Waals surface area contributed by atoms with Crippen LogP contribution in [0.4, 0.5) is 4.39 Å². The van der Waals surface area contributed by atoms with Gasteiger partial charge in [-0.1, -0.05) is 0 Å². The van der Waals surface area contributed by atoms with Crippen LogP contribution in [0.3, 0.4) is 0 Å². The Hall–Kier alpha value is -2.25. The van der Waals surface area contributed by atoms with E-state index in [2.05, 4.69) is 23.7 Å². The Morgan fingerprint density at radius 2 is 1.96 bits per heavy atom. The molecule has 0 spiro atoms.